The van der Waals surface area contributed by atoms with Crippen LogP contribution in [0.25, 0.3) is 0 Å². The number of ether oxygens (including phenoxy) is 3. The van der Waals surface area contributed by atoms with Crippen LogP contribution in [0.5, 0.6) is 23.0 Å². The summed E-state index contributed by atoms with van der Waals surface area (Å²) in [6.07, 6.45) is -1.13. The third-order valence-electron chi connectivity index (χ3n) is 4.04. The molecule has 2 N–H and O–H groups in total. The normalized spacial score (nSPS) is 11.5. The second-order valence-electron chi connectivity index (χ2n) is 6.17. The summed E-state index contributed by atoms with van der Waals surface area (Å²) < 4.78 is 16.5. The smallest absolute Gasteiger partial charge is 0.351 e. The van der Waals surface area contributed by atoms with Gasteiger partial charge in [-0.3, -0.25) is 0 Å². The van der Waals surface area contributed by atoms with E-state index in [1.54, 1.807) is 48.5 Å². The quantitative estimate of drug-likeness (QED) is 0.548. The summed E-state index contributed by atoms with van der Waals surface area (Å²) >= 11 is 6.10. The van der Waals surface area contributed by atoms with E-state index in [1.165, 1.54) is 25.3 Å². The van der Waals surface area contributed by atoms with E-state index in [2.05, 4.69) is 0 Å². The first-order valence-electron chi connectivity index (χ1n) is 8.70. The molecule has 0 aliphatic carbocycles. The van der Waals surface area contributed by atoms with Crippen molar-refractivity contribution >= 4 is 17.6 Å². The number of methoxy groups -OCH3 is 1. The number of halogens is 1. The maximum Gasteiger partial charge on any atom is 0.351 e. The standard InChI is InChI=1S/C22H19ClO6/c1-27-22(26)21(15-5-3-7-18(25)11-15)29-20-12-16(23)8-9-19(20)28-13-14-4-2-6-17(24)10-14/h2-12,21,24-25H,13H2,1H3. The second kappa shape index (κ2) is 9.21. The van der Waals surface area contributed by atoms with Gasteiger partial charge in [-0.15, -0.1) is 0 Å². The molecule has 0 spiro atoms. The molecule has 6 nitrogen and oxygen atoms in total. The predicted octanol–water partition coefficient (Wildman–Crippen LogP) is 4.62. The highest BCUT2D eigenvalue weighted by atomic mass is 35.5. The lowest BCUT2D eigenvalue weighted by molar-refractivity contribution is -0.149. The van der Waals surface area contributed by atoms with Crippen LogP contribution in [0.2, 0.25) is 5.02 Å². The summed E-state index contributed by atoms with van der Waals surface area (Å²) in [5, 5.41) is 19.7. The number of phenols is 2. The Bertz CT molecular complexity index is 1000. The van der Waals surface area contributed by atoms with Crippen molar-refractivity contribution in [3.05, 3.63) is 82.9 Å². The molecule has 29 heavy (non-hydrogen) atoms. The molecule has 3 aromatic carbocycles. The molecular formula is C22H19ClO6. The van der Waals surface area contributed by atoms with Crippen LogP contribution >= 0.6 is 11.6 Å². The molecule has 0 fully saturated rings. The summed E-state index contributed by atoms with van der Waals surface area (Å²) in [5.74, 6) is 0.0671. The van der Waals surface area contributed by atoms with Crippen molar-refractivity contribution in [1.82, 2.24) is 0 Å². The first-order chi connectivity index (χ1) is 14.0. The molecule has 0 heterocycles. The van der Waals surface area contributed by atoms with Crippen LogP contribution in [0, 0.1) is 0 Å². The van der Waals surface area contributed by atoms with Crippen molar-refractivity contribution in [3.63, 3.8) is 0 Å². The Morgan fingerprint density at radius 2 is 1.69 bits per heavy atom. The lowest BCUT2D eigenvalue weighted by Crippen LogP contribution is -2.20. The summed E-state index contributed by atoms with van der Waals surface area (Å²) in [7, 11) is 1.25. The van der Waals surface area contributed by atoms with Crippen LogP contribution in [-0.4, -0.2) is 23.3 Å². The predicted molar refractivity (Wildman–Crippen MR) is 107 cm³/mol. The molecule has 0 amide bonds. The van der Waals surface area contributed by atoms with Crippen LogP contribution in [0.3, 0.4) is 0 Å². The van der Waals surface area contributed by atoms with E-state index in [0.717, 1.165) is 5.56 Å². The SMILES string of the molecule is COC(=O)C(Oc1cc(Cl)ccc1OCc1cccc(O)c1)c1cccc(O)c1. The molecule has 7 heteroatoms. The fourth-order valence-corrected chi connectivity index (χ4v) is 2.84. The molecular weight excluding hydrogens is 396 g/mol. The Hall–Kier alpha value is -3.38. The minimum Gasteiger partial charge on any atom is -0.508 e. The van der Waals surface area contributed by atoms with Crippen molar-refractivity contribution in [2.24, 2.45) is 0 Å². The Morgan fingerprint density at radius 3 is 2.38 bits per heavy atom. The Labute approximate surface area is 172 Å². The van der Waals surface area contributed by atoms with Gasteiger partial charge in [-0.2, -0.15) is 0 Å². The monoisotopic (exact) mass is 414 g/mol. The van der Waals surface area contributed by atoms with E-state index in [0.29, 0.717) is 16.3 Å². The van der Waals surface area contributed by atoms with Gasteiger partial charge < -0.3 is 24.4 Å². The number of benzene rings is 3. The zero-order chi connectivity index (χ0) is 20.8. The van der Waals surface area contributed by atoms with Crippen molar-refractivity contribution in [3.8, 4) is 23.0 Å². The molecule has 0 radical (unpaired) electrons. The Morgan fingerprint density at radius 1 is 0.966 bits per heavy atom. The topological polar surface area (TPSA) is 85.2 Å². The van der Waals surface area contributed by atoms with Crippen LogP contribution in [-0.2, 0) is 16.1 Å². The van der Waals surface area contributed by atoms with Gasteiger partial charge in [-0.05, 0) is 42.0 Å². The molecule has 0 saturated carbocycles. The average molecular weight is 415 g/mol. The number of hydrogen-bond donors (Lipinski definition) is 2. The average Bonchev–Trinajstić information content (AvgIpc) is 2.71. The first kappa shape index (κ1) is 20.4. The van der Waals surface area contributed by atoms with E-state index in [-0.39, 0.29) is 23.9 Å². The molecule has 0 saturated heterocycles. The van der Waals surface area contributed by atoms with Crippen LogP contribution < -0.4 is 9.47 Å². The maximum atomic E-state index is 12.3. The molecule has 0 aliphatic heterocycles. The Balaban J connectivity index is 1.87. The van der Waals surface area contributed by atoms with Crippen molar-refractivity contribution in [2.45, 2.75) is 12.7 Å². The fraction of sp³-hybridized carbons (Fsp3) is 0.136. The van der Waals surface area contributed by atoms with E-state index >= 15 is 0 Å². The van der Waals surface area contributed by atoms with E-state index in [9.17, 15) is 15.0 Å². The lowest BCUT2D eigenvalue weighted by atomic mass is 10.1. The third-order valence-corrected chi connectivity index (χ3v) is 4.28. The third kappa shape index (κ3) is 5.33. The molecule has 1 unspecified atom stereocenters. The van der Waals surface area contributed by atoms with Gasteiger partial charge in [0.1, 0.15) is 18.1 Å². The molecule has 0 aromatic heterocycles. The summed E-state index contributed by atoms with van der Waals surface area (Å²) in [4.78, 5) is 12.3. The summed E-state index contributed by atoms with van der Waals surface area (Å²) in [6, 6.07) is 17.6. The highest BCUT2D eigenvalue weighted by Gasteiger charge is 2.25. The second-order valence-corrected chi connectivity index (χ2v) is 6.60. The molecule has 3 aromatic rings. The van der Waals surface area contributed by atoms with Crippen molar-refractivity contribution < 1.29 is 29.2 Å². The number of aromatic hydroxyl groups is 2. The summed E-state index contributed by atoms with van der Waals surface area (Å²) in [6.45, 7) is 0.168. The van der Waals surface area contributed by atoms with Gasteiger partial charge in [0, 0.05) is 16.7 Å². The van der Waals surface area contributed by atoms with E-state index in [4.69, 9.17) is 25.8 Å². The minimum absolute atomic E-state index is 0.00791. The largest absolute Gasteiger partial charge is 0.508 e. The maximum absolute atomic E-state index is 12.3. The van der Waals surface area contributed by atoms with Crippen molar-refractivity contribution in [2.75, 3.05) is 7.11 Å². The highest BCUT2D eigenvalue weighted by molar-refractivity contribution is 6.30. The van der Waals surface area contributed by atoms with Crippen molar-refractivity contribution in [1.29, 1.82) is 0 Å². The van der Waals surface area contributed by atoms with Gasteiger partial charge in [-0.25, -0.2) is 4.79 Å². The molecule has 1 atom stereocenters. The number of hydrogen-bond acceptors (Lipinski definition) is 6. The Kier molecular flexibility index (Phi) is 6.46. The van der Waals surface area contributed by atoms with Gasteiger partial charge in [-0.1, -0.05) is 35.9 Å². The zero-order valence-electron chi connectivity index (χ0n) is 15.5. The van der Waals surface area contributed by atoms with Crippen LogP contribution in [0.1, 0.15) is 17.2 Å². The summed E-state index contributed by atoms with van der Waals surface area (Å²) in [5.41, 5.74) is 1.17. The van der Waals surface area contributed by atoms with Gasteiger partial charge in [0.25, 0.3) is 0 Å². The molecule has 0 bridgehead atoms. The number of phenolic OH excluding ortho intramolecular Hbond substituents is 2. The van der Waals surface area contributed by atoms with Gasteiger partial charge >= 0.3 is 5.97 Å². The molecule has 3 rings (SSSR count). The van der Waals surface area contributed by atoms with E-state index < -0.39 is 12.1 Å². The molecule has 0 aliphatic rings. The minimum atomic E-state index is -1.13. The fourth-order valence-electron chi connectivity index (χ4n) is 2.67. The zero-order valence-corrected chi connectivity index (χ0v) is 16.3. The number of rotatable bonds is 7. The number of carbonyl (C=O) groups is 1. The van der Waals surface area contributed by atoms with Gasteiger partial charge in [0.15, 0.2) is 11.5 Å². The first-order valence-corrected chi connectivity index (χ1v) is 9.07. The number of esters is 1. The van der Waals surface area contributed by atoms with Crippen LogP contribution in [0.15, 0.2) is 66.7 Å². The van der Waals surface area contributed by atoms with Gasteiger partial charge in [0.05, 0.1) is 7.11 Å². The highest BCUT2D eigenvalue weighted by Crippen LogP contribution is 2.35. The van der Waals surface area contributed by atoms with Gasteiger partial charge in [0.2, 0.25) is 6.10 Å². The number of carbonyl (C=O) groups excluding carboxylic acids is 1. The lowest BCUT2D eigenvalue weighted by Gasteiger charge is -2.20. The van der Waals surface area contributed by atoms with E-state index in [1.807, 2.05) is 0 Å². The molecule has 150 valence electrons. The van der Waals surface area contributed by atoms with Crippen LogP contribution in [0.4, 0.5) is 0 Å².